The molecule has 0 saturated carbocycles. The van der Waals surface area contributed by atoms with Crippen LogP contribution < -0.4 is 5.32 Å². The van der Waals surface area contributed by atoms with Crippen LogP contribution in [0.1, 0.15) is 44.9 Å². The number of hydrogen-bond donors (Lipinski definition) is 1. The summed E-state index contributed by atoms with van der Waals surface area (Å²) < 4.78 is 0. The summed E-state index contributed by atoms with van der Waals surface area (Å²) in [6.07, 6.45) is 1.42. The van der Waals surface area contributed by atoms with E-state index in [2.05, 4.69) is 15.3 Å². The molecule has 30 heavy (non-hydrogen) atoms. The fourth-order valence-electron chi connectivity index (χ4n) is 3.67. The molecular weight excluding hydrogens is 400 g/mol. The fourth-order valence-corrected chi connectivity index (χ4v) is 3.86. The number of nitrogens with one attached hydrogen (secondary N) is 1. The number of rotatable bonds is 3. The molecule has 1 fully saturated rings. The molecule has 4 rings (SSSR count). The average Bonchev–Trinajstić information content (AvgIpc) is 2.74. The van der Waals surface area contributed by atoms with Crippen molar-refractivity contribution in [2.24, 2.45) is 0 Å². The molecule has 0 bridgehead atoms. The quantitative estimate of drug-likeness (QED) is 0.693. The Morgan fingerprint density at radius 1 is 0.967 bits per heavy atom. The van der Waals surface area contributed by atoms with Gasteiger partial charge >= 0.3 is 0 Å². The fraction of sp³-hybridized carbons (Fsp3) is 0.304. The predicted octanol–water partition coefficient (Wildman–Crippen LogP) is 3.93. The van der Waals surface area contributed by atoms with Crippen LogP contribution >= 0.6 is 11.6 Å². The largest absolute Gasteiger partial charge is 0.349 e. The Bertz CT molecular complexity index is 1120. The molecule has 6 nitrogen and oxygen atoms in total. The number of carbonyl (C=O) groups is 2. The maximum absolute atomic E-state index is 12.7. The highest BCUT2D eigenvalue weighted by atomic mass is 35.5. The van der Waals surface area contributed by atoms with E-state index >= 15 is 0 Å². The zero-order chi connectivity index (χ0) is 21.3. The van der Waals surface area contributed by atoms with Crippen LogP contribution in [-0.4, -0.2) is 45.8 Å². The molecule has 2 aromatic carbocycles. The highest BCUT2D eigenvalue weighted by Gasteiger charge is 2.25. The molecule has 1 N–H and O–H groups in total. The van der Waals surface area contributed by atoms with Gasteiger partial charge in [0.25, 0.3) is 11.8 Å². The number of amides is 2. The third-order valence-corrected chi connectivity index (χ3v) is 5.76. The Morgan fingerprint density at radius 3 is 2.37 bits per heavy atom. The number of aryl methyl sites for hydroxylation is 2. The first-order valence-electron chi connectivity index (χ1n) is 10.0. The van der Waals surface area contributed by atoms with Crippen molar-refractivity contribution in [2.75, 3.05) is 13.1 Å². The van der Waals surface area contributed by atoms with Gasteiger partial charge in [-0.25, -0.2) is 9.97 Å². The van der Waals surface area contributed by atoms with Gasteiger partial charge in [0, 0.05) is 35.3 Å². The number of likely N-dealkylation sites (tertiary alicyclic amines) is 1. The summed E-state index contributed by atoms with van der Waals surface area (Å²) >= 11 is 5.99. The molecule has 0 atom stereocenters. The Balaban J connectivity index is 1.38. The van der Waals surface area contributed by atoms with E-state index in [9.17, 15) is 9.59 Å². The second-order valence-corrected chi connectivity index (χ2v) is 8.08. The summed E-state index contributed by atoms with van der Waals surface area (Å²) in [6.45, 7) is 5.02. The van der Waals surface area contributed by atoms with Crippen molar-refractivity contribution in [3.8, 4) is 0 Å². The standard InChI is InChI=1S/C23H23ClN4O2/c1-14-15(2)26-21-13-16(6-7-20(21)25-14)22(29)27-19-8-10-28(11-9-19)23(30)17-4-3-5-18(24)12-17/h3-7,12-13,19H,8-11H2,1-2H3,(H,27,29). The van der Waals surface area contributed by atoms with Crippen LogP contribution in [0.25, 0.3) is 11.0 Å². The Labute approximate surface area is 180 Å². The molecule has 0 unspecified atom stereocenters. The van der Waals surface area contributed by atoms with Gasteiger partial charge in [-0.3, -0.25) is 9.59 Å². The van der Waals surface area contributed by atoms with E-state index < -0.39 is 0 Å². The molecule has 3 aromatic rings. The Kier molecular flexibility index (Phi) is 5.68. The lowest BCUT2D eigenvalue weighted by molar-refractivity contribution is 0.0698. The number of aromatic nitrogens is 2. The summed E-state index contributed by atoms with van der Waals surface area (Å²) in [7, 11) is 0. The van der Waals surface area contributed by atoms with E-state index in [0.717, 1.165) is 16.9 Å². The van der Waals surface area contributed by atoms with Gasteiger partial charge in [0.1, 0.15) is 0 Å². The molecule has 1 aromatic heterocycles. The molecule has 1 saturated heterocycles. The summed E-state index contributed by atoms with van der Waals surface area (Å²) in [6, 6.07) is 12.4. The lowest BCUT2D eigenvalue weighted by atomic mass is 10.0. The van der Waals surface area contributed by atoms with Crippen molar-refractivity contribution in [3.63, 3.8) is 0 Å². The minimum absolute atomic E-state index is 0.0268. The number of piperidine rings is 1. The van der Waals surface area contributed by atoms with Gasteiger partial charge in [-0.15, -0.1) is 0 Å². The van der Waals surface area contributed by atoms with Gasteiger partial charge in [-0.05, 0) is 63.1 Å². The van der Waals surface area contributed by atoms with Gasteiger partial charge in [0.15, 0.2) is 0 Å². The molecule has 0 spiro atoms. The second-order valence-electron chi connectivity index (χ2n) is 7.65. The predicted molar refractivity (Wildman–Crippen MR) is 117 cm³/mol. The van der Waals surface area contributed by atoms with Crippen LogP contribution in [0.15, 0.2) is 42.5 Å². The van der Waals surface area contributed by atoms with E-state index in [1.807, 2.05) is 24.8 Å². The number of carbonyl (C=O) groups excluding carboxylic acids is 2. The molecule has 154 valence electrons. The first kappa shape index (κ1) is 20.3. The van der Waals surface area contributed by atoms with Crippen LogP contribution in [0.2, 0.25) is 5.02 Å². The van der Waals surface area contributed by atoms with Crippen molar-refractivity contribution in [1.29, 1.82) is 0 Å². The monoisotopic (exact) mass is 422 g/mol. The van der Waals surface area contributed by atoms with Crippen molar-refractivity contribution in [2.45, 2.75) is 32.7 Å². The van der Waals surface area contributed by atoms with Gasteiger partial charge in [0.05, 0.1) is 22.4 Å². The summed E-state index contributed by atoms with van der Waals surface area (Å²) in [5.41, 5.74) is 4.40. The van der Waals surface area contributed by atoms with E-state index in [1.54, 1.807) is 36.4 Å². The number of nitrogens with zero attached hydrogens (tertiary/aromatic N) is 3. The molecule has 0 aliphatic carbocycles. The van der Waals surface area contributed by atoms with Crippen molar-refractivity contribution >= 4 is 34.4 Å². The molecule has 1 aliphatic heterocycles. The van der Waals surface area contributed by atoms with E-state index in [-0.39, 0.29) is 17.9 Å². The normalized spacial score (nSPS) is 14.7. The first-order valence-corrected chi connectivity index (χ1v) is 10.4. The van der Waals surface area contributed by atoms with Gasteiger partial charge in [0.2, 0.25) is 0 Å². The smallest absolute Gasteiger partial charge is 0.253 e. The maximum Gasteiger partial charge on any atom is 0.253 e. The zero-order valence-electron chi connectivity index (χ0n) is 17.0. The van der Waals surface area contributed by atoms with Crippen LogP contribution in [0.4, 0.5) is 0 Å². The zero-order valence-corrected chi connectivity index (χ0v) is 17.7. The van der Waals surface area contributed by atoms with Crippen LogP contribution in [-0.2, 0) is 0 Å². The number of fused-ring (bicyclic) bond motifs is 1. The summed E-state index contributed by atoms with van der Waals surface area (Å²) in [4.78, 5) is 36.2. The highest BCUT2D eigenvalue weighted by molar-refractivity contribution is 6.30. The third kappa shape index (κ3) is 4.28. The molecule has 0 radical (unpaired) electrons. The highest BCUT2D eigenvalue weighted by Crippen LogP contribution is 2.18. The number of benzene rings is 2. The molecular formula is C23H23ClN4O2. The third-order valence-electron chi connectivity index (χ3n) is 5.53. The topological polar surface area (TPSA) is 75.2 Å². The molecule has 1 aliphatic rings. The minimum atomic E-state index is -0.128. The first-order chi connectivity index (χ1) is 14.4. The van der Waals surface area contributed by atoms with Crippen molar-refractivity contribution in [1.82, 2.24) is 20.2 Å². The Hall–Kier alpha value is -2.99. The average molecular weight is 423 g/mol. The van der Waals surface area contributed by atoms with E-state index in [0.29, 0.717) is 47.6 Å². The second kappa shape index (κ2) is 8.40. The van der Waals surface area contributed by atoms with Crippen LogP contribution in [0.5, 0.6) is 0 Å². The maximum atomic E-state index is 12.7. The number of halogens is 1. The summed E-state index contributed by atoms with van der Waals surface area (Å²) in [5.74, 6) is -0.155. The van der Waals surface area contributed by atoms with Gasteiger partial charge < -0.3 is 10.2 Å². The van der Waals surface area contributed by atoms with E-state index in [4.69, 9.17) is 11.6 Å². The van der Waals surface area contributed by atoms with E-state index in [1.165, 1.54) is 0 Å². The van der Waals surface area contributed by atoms with Crippen LogP contribution in [0, 0.1) is 13.8 Å². The number of hydrogen-bond acceptors (Lipinski definition) is 4. The minimum Gasteiger partial charge on any atom is -0.349 e. The molecule has 7 heteroatoms. The van der Waals surface area contributed by atoms with Gasteiger partial charge in [-0.2, -0.15) is 0 Å². The summed E-state index contributed by atoms with van der Waals surface area (Å²) in [5, 5.41) is 3.64. The van der Waals surface area contributed by atoms with Crippen molar-refractivity contribution in [3.05, 3.63) is 70.0 Å². The van der Waals surface area contributed by atoms with Gasteiger partial charge in [-0.1, -0.05) is 17.7 Å². The molecule has 2 amide bonds. The Morgan fingerprint density at radius 2 is 1.67 bits per heavy atom. The van der Waals surface area contributed by atoms with Crippen molar-refractivity contribution < 1.29 is 9.59 Å². The SMILES string of the molecule is Cc1nc2ccc(C(=O)NC3CCN(C(=O)c4cccc(Cl)c4)CC3)cc2nc1C. The van der Waals surface area contributed by atoms with Crippen LogP contribution in [0.3, 0.4) is 0 Å². The molecule has 2 heterocycles. The lowest BCUT2D eigenvalue weighted by Crippen LogP contribution is -2.46. The lowest BCUT2D eigenvalue weighted by Gasteiger charge is -2.32.